The summed E-state index contributed by atoms with van der Waals surface area (Å²) in [6.45, 7) is 10.4. The third kappa shape index (κ3) is 4.45. The molecule has 2 aliphatic heterocycles. The maximum Gasteiger partial charge on any atom is 0.424 e. The topological polar surface area (TPSA) is 94.4 Å². The van der Waals surface area contributed by atoms with E-state index in [0.29, 0.717) is 30.0 Å². The van der Waals surface area contributed by atoms with Gasteiger partial charge in [0, 0.05) is 24.2 Å². The average molecular weight is 421 g/mol. The maximum atomic E-state index is 12.8. The number of hydrogen-bond donors (Lipinski definition) is 0. The van der Waals surface area contributed by atoms with Gasteiger partial charge in [0.25, 0.3) is 5.69 Å². The Hall–Kier alpha value is -2.55. The molecular weight excluding hydrogens is 390 g/mol. The number of ether oxygens (including phenoxy) is 3. The van der Waals surface area contributed by atoms with Gasteiger partial charge in [-0.3, -0.25) is 10.1 Å². The first-order valence-electron chi connectivity index (χ1n) is 10.6. The van der Waals surface area contributed by atoms with Gasteiger partial charge < -0.3 is 14.2 Å². The first kappa shape index (κ1) is 22.1. The summed E-state index contributed by atoms with van der Waals surface area (Å²) in [7, 11) is 0. The van der Waals surface area contributed by atoms with Gasteiger partial charge in [-0.05, 0) is 52.5 Å². The zero-order valence-corrected chi connectivity index (χ0v) is 18.3. The molecule has 1 amide bonds. The lowest BCUT2D eigenvalue weighted by molar-refractivity contribution is -0.385. The van der Waals surface area contributed by atoms with Gasteiger partial charge in [0.2, 0.25) is 6.79 Å². The fourth-order valence-corrected chi connectivity index (χ4v) is 4.37. The number of nitro benzene ring substituents is 1. The van der Waals surface area contributed by atoms with Gasteiger partial charge in [0.15, 0.2) is 11.5 Å². The highest BCUT2D eigenvalue weighted by molar-refractivity contribution is 5.67. The molecule has 0 aliphatic carbocycles. The van der Waals surface area contributed by atoms with Crippen molar-refractivity contribution in [1.29, 1.82) is 0 Å². The van der Waals surface area contributed by atoms with Crippen LogP contribution in [0.5, 0.6) is 11.5 Å². The summed E-state index contributed by atoms with van der Waals surface area (Å²) in [6, 6.07) is 3.11. The second-order valence-electron chi connectivity index (χ2n) is 8.40. The number of rotatable bonds is 7. The Morgan fingerprint density at radius 2 is 1.93 bits per heavy atom. The molecule has 2 atom stereocenters. The summed E-state index contributed by atoms with van der Waals surface area (Å²) >= 11 is 0. The molecule has 3 rings (SSSR count). The molecule has 0 spiro atoms. The summed E-state index contributed by atoms with van der Waals surface area (Å²) in [5.41, 5.74) is 0.599. The van der Waals surface area contributed by atoms with Crippen LogP contribution in [0.15, 0.2) is 12.1 Å². The number of fused-ring (bicyclic) bond motifs is 1. The van der Waals surface area contributed by atoms with Gasteiger partial charge in [-0.15, -0.1) is 0 Å². The lowest BCUT2D eigenvalue weighted by atomic mass is 9.90. The summed E-state index contributed by atoms with van der Waals surface area (Å²) in [5, 5.41) is 15.4. The highest BCUT2D eigenvalue weighted by Gasteiger charge is 2.44. The van der Waals surface area contributed by atoms with Crippen molar-refractivity contribution in [3.05, 3.63) is 27.8 Å². The van der Waals surface area contributed by atoms with Crippen molar-refractivity contribution in [2.24, 2.45) is 5.92 Å². The fourth-order valence-electron chi connectivity index (χ4n) is 4.37. The average Bonchev–Trinajstić information content (AvgIpc) is 3.25. The van der Waals surface area contributed by atoms with Gasteiger partial charge in [0.05, 0.1) is 17.1 Å². The summed E-state index contributed by atoms with van der Waals surface area (Å²) in [4.78, 5) is 24.1. The van der Waals surface area contributed by atoms with E-state index in [9.17, 15) is 14.9 Å². The zero-order valence-electron chi connectivity index (χ0n) is 18.3. The van der Waals surface area contributed by atoms with E-state index in [-0.39, 0.29) is 47.6 Å². The largest absolute Gasteiger partial charge is 0.454 e. The fraction of sp³-hybridized carbons (Fsp3) is 0.667. The summed E-state index contributed by atoms with van der Waals surface area (Å²) in [6.07, 6.45) is 1.72. The Balaban J connectivity index is 1.95. The molecule has 0 N–H and O–H groups in total. The molecule has 1 saturated heterocycles. The van der Waals surface area contributed by atoms with Crippen LogP contribution in [0, 0.1) is 16.0 Å². The molecule has 1 aromatic rings. The number of carbonyl (C=O) groups excluding carboxylic acids is 1. The third-order valence-corrected chi connectivity index (χ3v) is 5.51. The second kappa shape index (κ2) is 9.07. The van der Waals surface area contributed by atoms with Crippen LogP contribution in [0.1, 0.15) is 53.0 Å². The molecule has 0 radical (unpaired) electrons. The smallest absolute Gasteiger partial charge is 0.424 e. The van der Waals surface area contributed by atoms with E-state index < -0.39 is 0 Å². The number of carbonyl (C=O) groups is 1. The highest BCUT2D eigenvalue weighted by atomic mass is 16.7. The van der Waals surface area contributed by atoms with Crippen LogP contribution in [-0.2, 0) is 11.2 Å². The molecule has 166 valence electrons. The first-order valence-corrected chi connectivity index (χ1v) is 10.6. The SMILES string of the molecule is CCC[C@H]1CN(C(=O)OC(C)C)N(C(C)C)[C@@H]1Cc1cc2c(cc1[N+](=O)[O-])OCO2. The van der Waals surface area contributed by atoms with Crippen molar-refractivity contribution < 1.29 is 23.9 Å². The molecule has 0 bridgehead atoms. The third-order valence-electron chi connectivity index (χ3n) is 5.51. The number of amides is 1. The van der Waals surface area contributed by atoms with Crippen LogP contribution < -0.4 is 9.47 Å². The Bertz CT molecular complexity index is 797. The zero-order chi connectivity index (χ0) is 22.0. The Morgan fingerprint density at radius 3 is 2.50 bits per heavy atom. The molecule has 9 heteroatoms. The number of nitrogens with zero attached hydrogens (tertiary/aromatic N) is 3. The quantitative estimate of drug-likeness (QED) is 0.482. The molecule has 9 nitrogen and oxygen atoms in total. The standard InChI is InChI=1S/C21H31N3O6/c1-6-7-15-11-22(21(25)30-14(4)5)23(13(2)3)17(15)8-16-9-19-20(29-12-28-19)10-18(16)24(26)27/h9-10,13-15,17H,6-8,11-12H2,1-5H3/t15-,17+/m0/s1. The molecule has 0 unspecified atom stereocenters. The molecule has 0 saturated carbocycles. The van der Waals surface area contributed by atoms with Crippen molar-refractivity contribution >= 4 is 11.8 Å². The monoisotopic (exact) mass is 421 g/mol. The van der Waals surface area contributed by atoms with Gasteiger partial charge in [0.1, 0.15) is 0 Å². The predicted octanol–water partition coefficient (Wildman–Crippen LogP) is 4.14. The normalized spacial score (nSPS) is 21.0. The maximum absolute atomic E-state index is 12.8. The van der Waals surface area contributed by atoms with Crippen molar-refractivity contribution in [2.45, 2.75) is 72.1 Å². The molecular formula is C21H31N3O6. The van der Waals surface area contributed by atoms with E-state index in [0.717, 1.165) is 12.8 Å². The van der Waals surface area contributed by atoms with Crippen molar-refractivity contribution in [2.75, 3.05) is 13.3 Å². The van der Waals surface area contributed by atoms with Crippen LogP contribution in [0.2, 0.25) is 0 Å². The highest BCUT2D eigenvalue weighted by Crippen LogP contribution is 2.40. The van der Waals surface area contributed by atoms with E-state index in [1.54, 1.807) is 11.1 Å². The van der Waals surface area contributed by atoms with Gasteiger partial charge in [-0.2, -0.15) is 0 Å². The molecule has 2 aliphatic rings. The van der Waals surface area contributed by atoms with Crippen molar-refractivity contribution in [3.8, 4) is 11.5 Å². The van der Waals surface area contributed by atoms with Gasteiger partial charge >= 0.3 is 6.09 Å². The minimum Gasteiger partial charge on any atom is -0.454 e. The van der Waals surface area contributed by atoms with E-state index in [1.807, 2.05) is 32.7 Å². The lowest BCUT2D eigenvalue weighted by Gasteiger charge is -2.35. The molecule has 1 aromatic carbocycles. The lowest BCUT2D eigenvalue weighted by Crippen LogP contribution is -2.49. The minimum atomic E-state index is -0.383. The molecule has 0 aromatic heterocycles. The van der Waals surface area contributed by atoms with Crippen LogP contribution in [-0.4, -0.2) is 52.6 Å². The number of hydrazine groups is 1. The molecule has 30 heavy (non-hydrogen) atoms. The van der Waals surface area contributed by atoms with Crippen molar-refractivity contribution in [1.82, 2.24) is 10.0 Å². The van der Waals surface area contributed by atoms with Gasteiger partial charge in [-0.25, -0.2) is 14.8 Å². The van der Waals surface area contributed by atoms with Crippen LogP contribution in [0.3, 0.4) is 0 Å². The van der Waals surface area contributed by atoms with Gasteiger partial charge in [-0.1, -0.05) is 13.3 Å². The second-order valence-corrected chi connectivity index (χ2v) is 8.40. The van der Waals surface area contributed by atoms with Crippen LogP contribution >= 0.6 is 0 Å². The van der Waals surface area contributed by atoms with E-state index >= 15 is 0 Å². The molecule has 2 heterocycles. The predicted molar refractivity (Wildman–Crippen MR) is 110 cm³/mol. The van der Waals surface area contributed by atoms with Crippen molar-refractivity contribution in [3.63, 3.8) is 0 Å². The number of hydrogen-bond acceptors (Lipinski definition) is 7. The molecule has 1 fully saturated rings. The number of nitro groups is 1. The summed E-state index contributed by atoms with van der Waals surface area (Å²) in [5.74, 6) is 1.10. The van der Waals surface area contributed by atoms with E-state index in [2.05, 4.69) is 6.92 Å². The van der Waals surface area contributed by atoms with Crippen LogP contribution in [0.4, 0.5) is 10.5 Å². The van der Waals surface area contributed by atoms with Crippen LogP contribution in [0.25, 0.3) is 0 Å². The van der Waals surface area contributed by atoms with E-state index in [4.69, 9.17) is 14.2 Å². The summed E-state index contributed by atoms with van der Waals surface area (Å²) < 4.78 is 16.2. The minimum absolute atomic E-state index is 0.0152. The van der Waals surface area contributed by atoms with E-state index in [1.165, 1.54) is 6.07 Å². The Labute approximate surface area is 177 Å². The number of benzene rings is 1. The Kier molecular flexibility index (Phi) is 6.70. The first-order chi connectivity index (χ1) is 14.2. The Morgan fingerprint density at radius 1 is 1.27 bits per heavy atom.